The van der Waals surface area contributed by atoms with Crippen LogP contribution in [0.25, 0.3) is 0 Å². The highest BCUT2D eigenvalue weighted by atomic mass is 32.2. The number of amides is 2. The molecule has 25 heavy (non-hydrogen) atoms. The van der Waals surface area contributed by atoms with Gasteiger partial charge >= 0.3 is 0 Å². The van der Waals surface area contributed by atoms with Gasteiger partial charge in [0.15, 0.2) is 0 Å². The summed E-state index contributed by atoms with van der Waals surface area (Å²) >= 11 is 1.77. The van der Waals surface area contributed by atoms with Gasteiger partial charge in [-0.1, -0.05) is 0 Å². The number of piperidine rings is 1. The molecular formula is C18H24N4O2S. The minimum absolute atomic E-state index is 0.0672. The molecule has 2 amide bonds. The van der Waals surface area contributed by atoms with Gasteiger partial charge in [0.1, 0.15) is 5.69 Å². The van der Waals surface area contributed by atoms with Gasteiger partial charge in [0, 0.05) is 38.1 Å². The van der Waals surface area contributed by atoms with Crippen LogP contribution in [-0.2, 0) is 4.79 Å². The quantitative estimate of drug-likeness (QED) is 0.799. The van der Waals surface area contributed by atoms with Crippen LogP contribution in [0.2, 0.25) is 0 Å². The fourth-order valence-electron chi connectivity index (χ4n) is 3.81. The van der Waals surface area contributed by atoms with Crippen LogP contribution >= 0.6 is 11.8 Å². The Morgan fingerprint density at radius 3 is 2.76 bits per heavy atom. The van der Waals surface area contributed by atoms with E-state index in [0.29, 0.717) is 30.5 Å². The molecule has 1 saturated carbocycles. The van der Waals surface area contributed by atoms with Crippen molar-refractivity contribution in [1.29, 1.82) is 0 Å². The van der Waals surface area contributed by atoms with Crippen LogP contribution in [0, 0.1) is 11.8 Å². The molecule has 0 unspecified atom stereocenters. The molecule has 3 aliphatic heterocycles. The molecule has 4 heterocycles. The third kappa shape index (κ3) is 3.97. The molecule has 0 spiro atoms. The van der Waals surface area contributed by atoms with Gasteiger partial charge in [0.25, 0.3) is 5.91 Å². The maximum Gasteiger partial charge on any atom is 0.274 e. The molecule has 3 saturated heterocycles. The predicted octanol–water partition coefficient (Wildman–Crippen LogP) is 1.68. The lowest BCUT2D eigenvalue weighted by Crippen LogP contribution is -2.48. The predicted molar refractivity (Wildman–Crippen MR) is 96.2 cm³/mol. The van der Waals surface area contributed by atoms with E-state index >= 15 is 0 Å². The van der Waals surface area contributed by atoms with Crippen molar-refractivity contribution in [2.24, 2.45) is 11.8 Å². The molecule has 0 aromatic carbocycles. The Kier molecular flexibility index (Phi) is 4.92. The van der Waals surface area contributed by atoms with Crippen LogP contribution in [0.3, 0.4) is 0 Å². The minimum atomic E-state index is -0.0672. The number of hydrogen-bond acceptors (Lipinski definition) is 5. The minimum Gasteiger partial charge on any atom is -0.337 e. The van der Waals surface area contributed by atoms with Gasteiger partial charge in [-0.25, -0.2) is 4.98 Å². The van der Waals surface area contributed by atoms with Crippen LogP contribution in [0.5, 0.6) is 0 Å². The fourth-order valence-corrected chi connectivity index (χ4v) is 4.93. The Balaban J connectivity index is 1.39. The average molecular weight is 360 g/mol. The number of hydrogen-bond donors (Lipinski definition) is 0. The summed E-state index contributed by atoms with van der Waals surface area (Å²) < 4.78 is 0. The Labute approximate surface area is 152 Å². The van der Waals surface area contributed by atoms with Gasteiger partial charge in [-0.3, -0.25) is 14.6 Å². The number of aromatic nitrogens is 2. The van der Waals surface area contributed by atoms with Crippen molar-refractivity contribution in [3.8, 4) is 0 Å². The number of thioether (sulfide) groups is 1. The molecule has 1 aromatic rings. The first-order chi connectivity index (χ1) is 12.2. The fraction of sp³-hybridized carbons (Fsp3) is 0.667. The average Bonchev–Trinajstić information content (AvgIpc) is 3.48. The second kappa shape index (κ2) is 7.32. The molecular weight excluding hydrogens is 336 g/mol. The molecule has 7 heteroatoms. The van der Waals surface area contributed by atoms with Crippen molar-refractivity contribution in [2.45, 2.75) is 31.7 Å². The molecule has 4 aliphatic rings. The van der Waals surface area contributed by atoms with Crippen LogP contribution in [0.4, 0.5) is 0 Å². The van der Waals surface area contributed by atoms with Crippen LogP contribution in [-0.4, -0.2) is 68.8 Å². The van der Waals surface area contributed by atoms with Crippen molar-refractivity contribution >= 4 is 23.6 Å². The molecule has 1 aliphatic carbocycles. The van der Waals surface area contributed by atoms with E-state index in [1.54, 1.807) is 24.2 Å². The molecule has 6 nitrogen and oxygen atoms in total. The Hall–Kier alpha value is -1.63. The second-order valence-electron chi connectivity index (χ2n) is 7.40. The highest BCUT2D eigenvalue weighted by Crippen LogP contribution is 2.33. The Morgan fingerprint density at radius 2 is 2.00 bits per heavy atom. The van der Waals surface area contributed by atoms with E-state index in [1.165, 1.54) is 19.0 Å². The van der Waals surface area contributed by atoms with E-state index in [2.05, 4.69) is 9.97 Å². The van der Waals surface area contributed by atoms with Crippen molar-refractivity contribution in [1.82, 2.24) is 19.8 Å². The maximum absolute atomic E-state index is 12.7. The first kappa shape index (κ1) is 16.8. The van der Waals surface area contributed by atoms with E-state index in [1.807, 2.05) is 9.80 Å². The molecule has 0 N–H and O–H groups in total. The molecule has 0 radical (unpaired) electrons. The standard InChI is InChI=1S/C18H24N4O2S/c23-17(12-25-11-13-1-2-13)22-9-14-3-4-15(22)10-21(8-14)18(24)16-7-19-5-6-20-16/h5-7,13-15H,1-4,8-12H2/t14-,15+/m0/s1. The number of carbonyl (C=O) groups is 2. The van der Waals surface area contributed by atoms with Gasteiger partial charge in [-0.15, -0.1) is 0 Å². The molecule has 134 valence electrons. The summed E-state index contributed by atoms with van der Waals surface area (Å²) in [7, 11) is 0. The zero-order valence-corrected chi connectivity index (χ0v) is 15.2. The maximum atomic E-state index is 12.7. The molecule has 4 fully saturated rings. The van der Waals surface area contributed by atoms with Crippen LogP contribution in [0.1, 0.15) is 36.2 Å². The van der Waals surface area contributed by atoms with Gasteiger partial charge < -0.3 is 9.80 Å². The highest BCUT2D eigenvalue weighted by Gasteiger charge is 2.38. The van der Waals surface area contributed by atoms with Crippen molar-refractivity contribution in [2.75, 3.05) is 31.1 Å². The van der Waals surface area contributed by atoms with Gasteiger partial charge in [0.2, 0.25) is 5.91 Å². The number of carbonyl (C=O) groups excluding carboxylic acids is 2. The lowest BCUT2D eigenvalue weighted by Gasteiger charge is -2.36. The SMILES string of the molecule is O=C(c1cnccn1)N1C[C@@H]2CC[C@H](C1)N(C(=O)CSCC1CC1)C2. The van der Waals surface area contributed by atoms with E-state index < -0.39 is 0 Å². The zero-order valence-electron chi connectivity index (χ0n) is 14.3. The van der Waals surface area contributed by atoms with E-state index in [9.17, 15) is 9.59 Å². The second-order valence-corrected chi connectivity index (χ2v) is 8.43. The third-order valence-electron chi connectivity index (χ3n) is 5.38. The van der Waals surface area contributed by atoms with E-state index in [4.69, 9.17) is 0 Å². The van der Waals surface area contributed by atoms with Crippen molar-refractivity contribution in [3.63, 3.8) is 0 Å². The van der Waals surface area contributed by atoms with E-state index in [-0.39, 0.29) is 17.9 Å². The van der Waals surface area contributed by atoms with Gasteiger partial charge in [-0.05, 0) is 43.3 Å². The zero-order chi connectivity index (χ0) is 17.2. The van der Waals surface area contributed by atoms with Crippen LogP contribution < -0.4 is 0 Å². The number of nitrogens with zero attached hydrogens (tertiary/aromatic N) is 4. The summed E-state index contributed by atoms with van der Waals surface area (Å²) in [5.74, 6) is 3.09. The molecule has 5 rings (SSSR count). The smallest absolute Gasteiger partial charge is 0.274 e. The monoisotopic (exact) mass is 360 g/mol. The summed E-state index contributed by atoms with van der Waals surface area (Å²) in [6, 6.07) is 0.147. The Morgan fingerprint density at radius 1 is 1.12 bits per heavy atom. The summed E-state index contributed by atoms with van der Waals surface area (Å²) in [4.78, 5) is 37.4. The first-order valence-electron chi connectivity index (χ1n) is 9.13. The largest absolute Gasteiger partial charge is 0.337 e. The van der Waals surface area contributed by atoms with Gasteiger partial charge in [-0.2, -0.15) is 11.8 Å². The molecule has 2 bridgehead atoms. The summed E-state index contributed by atoms with van der Waals surface area (Å²) in [6.07, 6.45) is 9.38. The van der Waals surface area contributed by atoms with Crippen LogP contribution in [0.15, 0.2) is 18.6 Å². The first-order valence-corrected chi connectivity index (χ1v) is 10.3. The Bertz CT molecular complexity index is 637. The molecule has 1 aromatic heterocycles. The summed E-state index contributed by atoms with van der Waals surface area (Å²) in [5.41, 5.74) is 0.390. The topological polar surface area (TPSA) is 66.4 Å². The summed E-state index contributed by atoms with van der Waals surface area (Å²) in [5, 5.41) is 0. The normalized spacial score (nSPS) is 25.8. The van der Waals surface area contributed by atoms with Gasteiger partial charge in [0.05, 0.1) is 11.9 Å². The number of rotatable bonds is 5. The lowest BCUT2D eigenvalue weighted by molar-refractivity contribution is -0.132. The summed E-state index contributed by atoms with van der Waals surface area (Å²) in [6.45, 7) is 2.12. The third-order valence-corrected chi connectivity index (χ3v) is 6.54. The highest BCUT2D eigenvalue weighted by molar-refractivity contribution is 7.99. The van der Waals surface area contributed by atoms with Crippen molar-refractivity contribution < 1.29 is 9.59 Å². The number of fused-ring (bicyclic) bond motifs is 4. The van der Waals surface area contributed by atoms with Crippen molar-refractivity contribution in [3.05, 3.63) is 24.3 Å². The molecule has 2 atom stereocenters. The lowest BCUT2D eigenvalue weighted by atomic mass is 9.95. The van der Waals surface area contributed by atoms with E-state index in [0.717, 1.165) is 31.1 Å².